The van der Waals surface area contributed by atoms with Crippen LogP contribution in [0.2, 0.25) is 0 Å². The van der Waals surface area contributed by atoms with Crippen LogP contribution >= 0.6 is 23.2 Å². The number of piperazine rings is 1. The number of rotatable bonds is 5. The number of phenols is 1. The van der Waals surface area contributed by atoms with Gasteiger partial charge in [-0.15, -0.1) is 0 Å². The van der Waals surface area contributed by atoms with Crippen LogP contribution in [0, 0.1) is 0 Å². The molecule has 1 heterocycles. The van der Waals surface area contributed by atoms with Gasteiger partial charge in [-0.25, -0.2) is 8.42 Å². The zero-order valence-corrected chi connectivity index (χ0v) is 15.4. The Hall–Kier alpha value is -0.730. The van der Waals surface area contributed by atoms with Crippen molar-refractivity contribution >= 4 is 38.9 Å². The van der Waals surface area contributed by atoms with Gasteiger partial charge in [0.25, 0.3) is 10.0 Å². The molecule has 1 aliphatic heterocycles. The molecule has 1 aromatic rings. The average molecular weight is 382 g/mol. The van der Waals surface area contributed by atoms with Crippen molar-refractivity contribution in [1.82, 2.24) is 9.80 Å². The highest BCUT2D eigenvalue weighted by Gasteiger charge is 2.27. The predicted octanol–water partition coefficient (Wildman–Crippen LogP) is 1.67. The molecule has 1 saturated heterocycles. The van der Waals surface area contributed by atoms with Crippen molar-refractivity contribution in [2.75, 3.05) is 44.6 Å². The zero-order valence-electron chi connectivity index (χ0n) is 13.1. The van der Waals surface area contributed by atoms with Crippen LogP contribution in [-0.4, -0.2) is 67.8 Å². The van der Waals surface area contributed by atoms with E-state index in [1.165, 1.54) is 19.2 Å². The summed E-state index contributed by atoms with van der Waals surface area (Å²) >= 11 is 11.1. The second-order valence-electron chi connectivity index (χ2n) is 5.67. The monoisotopic (exact) mass is 381 g/mol. The Bertz CT molecular complexity index is 647. The first-order valence-electron chi connectivity index (χ1n) is 7.20. The lowest BCUT2D eigenvalue weighted by molar-refractivity contribution is 0.147. The first-order valence-corrected chi connectivity index (χ1v) is 9.58. The number of nitrogens with zero attached hydrogens (tertiary/aromatic N) is 3. The van der Waals surface area contributed by atoms with Crippen molar-refractivity contribution in [3.8, 4) is 5.75 Å². The summed E-state index contributed by atoms with van der Waals surface area (Å²) in [7, 11) is -0.376. The first-order chi connectivity index (χ1) is 10.7. The highest BCUT2D eigenvalue weighted by atomic mass is 35.5. The largest absolute Gasteiger partial charge is 0.508 e. The van der Waals surface area contributed by atoms with E-state index in [1.54, 1.807) is 6.07 Å². The van der Waals surface area contributed by atoms with Gasteiger partial charge >= 0.3 is 0 Å². The van der Waals surface area contributed by atoms with E-state index in [1.807, 2.05) is 0 Å². The summed E-state index contributed by atoms with van der Waals surface area (Å²) in [5, 5.41) is 10.1. The van der Waals surface area contributed by atoms with Gasteiger partial charge in [0.05, 0.1) is 5.69 Å². The number of hydrogen-bond donors (Lipinski definition) is 1. The van der Waals surface area contributed by atoms with Crippen LogP contribution in [-0.2, 0) is 16.6 Å². The fraction of sp³-hybridized carbons (Fsp3) is 0.571. The van der Waals surface area contributed by atoms with E-state index >= 15 is 0 Å². The molecule has 1 fully saturated rings. The number of alkyl halides is 2. The third kappa shape index (κ3) is 4.42. The smallest absolute Gasteiger partial charge is 0.266 e. The summed E-state index contributed by atoms with van der Waals surface area (Å²) in [6.07, 6.45) is 0. The van der Waals surface area contributed by atoms with Gasteiger partial charge in [-0.05, 0) is 25.2 Å². The Kier molecular flexibility index (Phi) is 6.02. The molecule has 1 aliphatic rings. The van der Waals surface area contributed by atoms with Gasteiger partial charge in [-0.2, -0.15) is 0 Å². The molecule has 130 valence electrons. The van der Waals surface area contributed by atoms with Gasteiger partial charge in [0.2, 0.25) is 4.17 Å². The highest BCUT2D eigenvalue weighted by molar-refractivity contribution is 7.95. The number of sulfonamides is 1. The molecular formula is C14H21Cl2N3O3S. The Balaban J connectivity index is 2.19. The van der Waals surface area contributed by atoms with Gasteiger partial charge in [-0.3, -0.25) is 9.21 Å². The molecule has 0 amide bonds. The van der Waals surface area contributed by atoms with Crippen LogP contribution in [0.3, 0.4) is 0 Å². The van der Waals surface area contributed by atoms with Crippen LogP contribution < -0.4 is 4.31 Å². The van der Waals surface area contributed by atoms with Gasteiger partial charge in [0.1, 0.15) is 5.75 Å². The summed E-state index contributed by atoms with van der Waals surface area (Å²) < 4.78 is 23.6. The molecule has 0 atom stereocenters. The van der Waals surface area contributed by atoms with Crippen molar-refractivity contribution in [1.29, 1.82) is 0 Å². The molecule has 6 nitrogen and oxygen atoms in total. The fourth-order valence-corrected chi connectivity index (χ4v) is 3.77. The average Bonchev–Trinajstić information content (AvgIpc) is 2.50. The number of benzene rings is 1. The molecule has 0 radical (unpaired) electrons. The van der Waals surface area contributed by atoms with Crippen LogP contribution in [0.15, 0.2) is 18.2 Å². The second kappa shape index (κ2) is 7.44. The van der Waals surface area contributed by atoms with E-state index in [-0.39, 0.29) is 5.75 Å². The van der Waals surface area contributed by atoms with E-state index in [4.69, 9.17) is 23.2 Å². The minimum absolute atomic E-state index is 0.145. The van der Waals surface area contributed by atoms with Gasteiger partial charge in [-0.1, -0.05) is 23.2 Å². The Morgan fingerprint density at radius 2 is 1.87 bits per heavy atom. The van der Waals surface area contributed by atoms with Crippen molar-refractivity contribution in [2.24, 2.45) is 0 Å². The molecule has 0 aliphatic carbocycles. The lowest BCUT2D eigenvalue weighted by atomic mass is 10.1. The van der Waals surface area contributed by atoms with Gasteiger partial charge in [0.15, 0.2) is 0 Å². The van der Waals surface area contributed by atoms with Crippen LogP contribution in [0.1, 0.15) is 5.56 Å². The maximum Gasteiger partial charge on any atom is 0.266 e. The Morgan fingerprint density at radius 3 is 2.43 bits per heavy atom. The molecule has 0 bridgehead atoms. The predicted molar refractivity (Wildman–Crippen MR) is 93.7 cm³/mol. The highest BCUT2D eigenvalue weighted by Crippen LogP contribution is 2.28. The number of aromatic hydroxyl groups is 1. The summed E-state index contributed by atoms with van der Waals surface area (Å²) in [5.74, 6) is 0.145. The number of hydrogen-bond acceptors (Lipinski definition) is 5. The van der Waals surface area contributed by atoms with Crippen molar-refractivity contribution in [3.05, 3.63) is 23.8 Å². The zero-order chi connectivity index (χ0) is 17.2. The van der Waals surface area contributed by atoms with Gasteiger partial charge < -0.3 is 10.0 Å². The summed E-state index contributed by atoms with van der Waals surface area (Å²) in [4.78, 5) is 4.47. The molecule has 23 heavy (non-hydrogen) atoms. The van der Waals surface area contributed by atoms with Crippen LogP contribution in [0.25, 0.3) is 0 Å². The quantitative estimate of drug-likeness (QED) is 0.785. The normalized spacial score (nSPS) is 17.6. The van der Waals surface area contributed by atoms with E-state index in [0.717, 1.165) is 30.5 Å². The SMILES string of the molecule is CN1CCN(Cc2cc(N(C)S(=O)(=O)C(Cl)Cl)ccc2O)CC1. The second-order valence-corrected chi connectivity index (χ2v) is 9.33. The summed E-state index contributed by atoms with van der Waals surface area (Å²) in [6.45, 7) is 4.30. The number of likely N-dealkylation sites (N-methyl/N-ethyl adjacent to an activating group) is 1. The molecule has 2 rings (SSSR count). The maximum atomic E-state index is 12.0. The van der Waals surface area contributed by atoms with E-state index in [0.29, 0.717) is 17.8 Å². The third-order valence-corrected chi connectivity index (χ3v) is 6.80. The number of anilines is 1. The maximum absolute atomic E-state index is 12.0. The third-order valence-electron chi connectivity index (χ3n) is 4.02. The van der Waals surface area contributed by atoms with Crippen LogP contribution in [0.4, 0.5) is 5.69 Å². The van der Waals surface area contributed by atoms with Crippen LogP contribution in [0.5, 0.6) is 5.75 Å². The molecule has 0 spiro atoms. The minimum Gasteiger partial charge on any atom is -0.508 e. The summed E-state index contributed by atoms with van der Waals surface area (Å²) in [5.41, 5.74) is 1.09. The molecule has 1 N–H and O–H groups in total. The lowest BCUT2D eigenvalue weighted by Crippen LogP contribution is -2.43. The van der Waals surface area contributed by atoms with Crippen molar-refractivity contribution in [3.63, 3.8) is 0 Å². The van der Waals surface area contributed by atoms with Crippen molar-refractivity contribution < 1.29 is 13.5 Å². The lowest BCUT2D eigenvalue weighted by Gasteiger charge is -2.32. The Morgan fingerprint density at radius 1 is 1.26 bits per heavy atom. The first kappa shape index (κ1) is 18.6. The van der Waals surface area contributed by atoms with E-state index in [9.17, 15) is 13.5 Å². The molecule has 0 saturated carbocycles. The van der Waals surface area contributed by atoms with E-state index < -0.39 is 14.2 Å². The fourth-order valence-electron chi connectivity index (χ4n) is 2.41. The Labute approximate surface area is 147 Å². The molecule has 9 heteroatoms. The minimum atomic E-state index is -3.84. The van der Waals surface area contributed by atoms with Crippen molar-refractivity contribution in [2.45, 2.75) is 10.7 Å². The summed E-state index contributed by atoms with van der Waals surface area (Å²) in [6, 6.07) is 4.67. The number of halogens is 2. The molecule has 0 unspecified atom stereocenters. The molecule has 0 aromatic heterocycles. The van der Waals surface area contributed by atoms with E-state index in [2.05, 4.69) is 16.8 Å². The van der Waals surface area contributed by atoms with Gasteiger partial charge in [0, 0.05) is 45.3 Å². The molecular weight excluding hydrogens is 361 g/mol. The number of phenolic OH excluding ortho intramolecular Hbond substituents is 1. The topological polar surface area (TPSA) is 64.1 Å². The standard InChI is InChI=1S/C14H21Cl2N3O3S/c1-17-5-7-19(8-6-17)10-11-9-12(3-4-13(11)20)18(2)23(21,22)14(15)16/h3-4,9,14,20H,5-8,10H2,1-2H3. The molecule has 1 aromatic carbocycles.